The zero-order valence-corrected chi connectivity index (χ0v) is 10.4. The van der Waals surface area contributed by atoms with E-state index >= 15 is 0 Å². The molecule has 2 N–H and O–H groups in total. The Hall–Kier alpha value is -2.10. The monoisotopic (exact) mass is 240 g/mol. The number of nitrogens with two attached hydrogens (primary N) is 1. The van der Waals surface area contributed by atoms with Crippen LogP contribution in [-0.2, 0) is 6.42 Å². The van der Waals surface area contributed by atoms with E-state index in [2.05, 4.69) is 40.0 Å². The summed E-state index contributed by atoms with van der Waals surface area (Å²) in [7, 11) is 0. The van der Waals surface area contributed by atoms with Gasteiger partial charge in [0, 0.05) is 18.3 Å². The number of anilines is 3. The van der Waals surface area contributed by atoms with Gasteiger partial charge in [-0.2, -0.15) is 0 Å². The van der Waals surface area contributed by atoms with E-state index in [9.17, 15) is 0 Å². The van der Waals surface area contributed by atoms with E-state index in [1.54, 1.807) is 0 Å². The minimum atomic E-state index is 0.513. The molecule has 0 saturated heterocycles. The number of aromatic nitrogens is 2. The molecule has 1 aliphatic rings. The number of rotatable bonds is 1. The van der Waals surface area contributed by atoms with E-state index in [0.29, 0.717) is 5.82 Å². The molecule has 2 heterocycles. The molecule has 4 heteroatoms. The predicted molar refractivity (Wildman–Crippen MR) is 73.0 cm³/mol. The van der Waals surface area contributed by atoms with Gasteiger partial charge >= 0.3 is 0 Å². The van der Waals surface area contributed by atoms with E-state index in [0.717, 1.165) is 25.2 Å². The Morgan fingerprint density at radius 1 is 1.22 bits per heavy atom. The number of hydrogen-bond donors (Lipinski definition) is 1. The van der Waals surface area contributed by atoms with E-state index in [-0.39, 0.29) is 0 Å². The highest BCUT2D eigenvalue weighted by Gasteiger charge is 2.19. The summed E-state index contributed by atoms with van der Waals surface area (Å²) in [6.45, 7) is 3.11. The van der Waals surface area contributed by atoms with Crippen LogP contribution in [0.1, 0.15) is 17.5 Å². The Balaban J connectivity index is 2.06. The second-order valence-corrected chi connectivity index (χ2v) is 4.69. The zero-order chi connectivity index (χ0) is 12.5. The zero-order valence-electron chi connectivity index (χ0n) is 10.4. The van der Waals surface area contributed by atoms with Gasteiger partial charge in [0.25, 0.3) is 0 Å². The fourth-order valence-electron chi connectivity index (χ4n) is 2.47. The molecule has 0 fully saturated rings. The Labute approximate surface area is 106 Å². The number of nitrogen functional groups attached to an aromatic ring is 1. The van der Waals surface area contributed by atoms with Crippen LogP contribution >= 0.6 is 0 Å². The van der Waals surface area contributed by atoms with Crippen LogP contribution in [0.2, 0.25) is 0 Å². The first-order valence-electron chi connectivity index (χ1n) is 6.18. The van der Waals surface area contributed by atoms with Crippen molar-refractivity contribution in [3.8, 4) is 0 Å². The second kappa shape index (κ2) is 4.29. The molecular weight excluding hydrogens is 224 g/mol. The van der Waals surface area contributed by atoms with E-state index < -0.39 is 0 Å². The maximum Gasteiger partial charge on any atom is 0.138 e. The van der Waals surface area contributed by atoms with Crippen LogP contribution in [0.5, 0.6) is 0 Å². The Morgan fingerprint density at radius 3 is 2.94 bits per heavy atom. The summed E-state index contributed by atoms with van der Waals surface area (Å²) in [5.74, 6) is 1.39. The third kappa shape index (κ3) is 1.90. The van der Waals surface area contributed by atoms with E-state index in [1.165, 1.54) is 23.1 Å². The van der Waals surface area contributed by atoms with Gasteiger partial charge in [0.15, 0.2) is 0 Å². The van der Waals surface area contributed by atoms with Gasteiger partial charge in [-0.1, -0.05) is 17.7 Å². The average molecular weight is 240 g/mol. The van der Waals surface area contributed by atoms with Gasteiger partial charge in [-0.3, -0.25) is 0 Å². The molecule has 3 rings (SSSR count). The van der Waals surface area contributed by atoms with Crippen molar-refractivity contribution in [3.05, 3.63) is 41.7 Å². The number of nitrogens with zero attached hydrogens (tertiary/aromatic N) is 3. The van der Waals surface area contributed by atoms with Gasteiger partial charge in [0.2, 0.25) is 0 Å². The van der Waals surface area contributed by atoms with Crippen molar-refractivity contribution in [3.63, 3.8) is 0 Å². The lowest BCUT2D eigenvalue weighted by Crippen LogP contribution is -2.25. The summed E-state index contributed by atoms with van der Waals surface area (Å²) in [5.41, 5.74) is 9.66. The molecule has 4 nitrogen and oxygen atoms in total. The highest BCUT2D eigenvalue weighted by molar-refractivity contribution is 5.67. The number of benzene rings is 1. The lowest BCUT2D eigenvalue weighted by Gasteiger charge is -2.30. The molecule has 92 valence electrons. The molecule has 0 saturated carbocycles. The van der Waals surface area contributed by atoms with Crippen LogP contribution in [0.25, 0.3) is 0 Å². The second-order valence-electron chi connectivity index (χ2n) is 4.69. The van der Waals surface area contributed by atoms with Crippen molar-refractivity contribution in [2.24, 2.45) is 0 Å². The number of aryl methyl sites for hydroxylation is 2. The standard InChI is InChI=1S/C14H16N4/c1-10-4-5-12-11(7-10)3-2-6-18(12)14-8-13(15)16-9-17-14/h4-5,7-9H,2-3,6H2,1H3,(H2,15,16,17). The van der Waals surface area contributed by atoms with Gasteiger partial charge in [-0.05, 0) is 31.4 Å². The quantitative estimate of drug-likeness (QED) is 0.832. The fourth-order valence-corrected chi connectivity index (χ4v) is 2.47. The molecule has 0 unspecified atom stereocenters. The summed E-state index contributed by atoms with van der Waals surface area (Å²) in [6, 6.07) is 8.39. The van der Waals surface area contributed by atoms with Crippen LogP contribution in [0.15, 0.2) is 30.6 Å². The third-order valence-corrected chi connectivity index (χ3v) is 3.30. The van der Waals surface area contributed by atoms with Gasteiger partial charge in [0.1, 0.15) is 18.0 Å². The Morgan fingerprint density at radius 2 is 2.11 bits per heavy atom. The van der Waals surface area contributed by atoms with Crippen molar-refractivity contribution in [1.82, 2.24) is 9.97 Å². The summed E-state index contributed by atoms with van der Waals surface area (Å²) in [6.07, 6.45) is 3.79. The fraction of sp³-hybridized carbons (Fsp3) is 0.286. The lowest BCUT2D eigenvalue weighted by molar-refractivity contribution is 0.758. The molecule has 0 aliphatic carbocycles. The van der Waals surface area contributed by atoms with Crippen molar-refractivity contribution < 1.29 is 0 Å². The minimum absolute atomic E-state index is 0.513. The highest BCUT2D eigenvalue weighted by Crippen LogP contribution is 2.33. The normalized spacial score (nSPS) is 14.4. The van der Waals surface area contributed by atoms with E-state index in [1.807, 2.05) is 6.07 Å². The summed E-state index contributed by atoms with van der Waals surface area (Å²) >= 11 is 0. The molecule has 18 heavy (non-hydrogen) atoms. The van der Waals surface area contributed by atoms with Crippen molar-refractivity contribution in [2.45, 2.75) is 19.8 Å². The smallest absolute Gasteiger partial charge is 0.138 e. The summed E-state index contributed by atoms with van der Waals surface area (Å²) in [4.78, 5) is 10.5. The average Bonchev–Trinajstić information content (AvgIpc) is 2.37. The maximum absolute atomic E-state index is 5.73. The highest BCUT2D eigenvalue weighted by atomic mass is 15.2. The molecule has 0 amide bonds. The molecule has 0 radical (unpaired) electrons. The lowest BCUT2D eigenvalue weighted by atomic mass is 9.99. The van der Waals surface area contributed by atoms with Gasteiger partial charge in [0.05, 0.1) is 0 Å². The first-order valence-corrected chi connectivity index (χ1v) is 6.18. The first-order chi connectivity index (χ1) is 8.74. The number of fused-ring (bicyclic) bond motifs is 1. The molecule has 2 aromatic rings. The van der Waals surface area contributed by atoms with Gasteiger partial charge in [-0.15, -0.1) is 0 Å². The van der Waals surface area contributed by atoms with Crippen LogP contribution < -0.4 is 10.6 Å². The summed E-state index contributed by atoms with van der Waals surface area (Å²) in [5, 5.41) is 0. The van der Waals surface area contributed by atoms with Crippen molar-refractivity contribution in [1.29, 1.82) is 0 Å². The van der Waals surface area contributed by atoms with Crippen LogP contribution in [0.4, 0.5) is 17.3 Å². The molecule has 1 aromatic carbocycles. The first kappa shape index (κ1) is 11.0. The van der Waals surface area contributed by atoms with Gasteiger partial charge < -0.3 is 10.6 Å². The minimum Gasteiger partial charge on any atom is -0.384 e. The number of hydrogen-bond acceptors (Lipinski definition) is 4. The van der Waals surface area contributed by atoms with Crippen molar-refractivity contribution in [2.75, 3.05) is 17.2 Å². The molecule has 1 aromatic heterocycles. The van der Waals surface area contributed by atoms with E-state index in [4.69, 9.17) is 5.73 Å². The largest absolute Gasteiger partial charge is 0.384 e. The van der Waals surface area contributed by atoms with Crippen LogP contribution in [0, 0.1) is 6.92 Å². The predicted octanol–water partition coefficient (Wildman–Crippen LogP) is 2.45. The molecule has 0 atom stereocenters. The Bertz CT molecular complexity index is 580. The van der Waals surface area contributed by atoms with Crippen LogP contribution in [0.3, 0.4) is 0 Å². The Kier molecular flexibility index (Phi) is 2.63. The SMILES string of the molecule is Cc1ccc2c(c1)CCCN2c1cc(N)ncn1. The van der Waals surface area contributed by atoms with Gasteiger partial charge in [-0.25, -0.2) is 9.97 Å². The molecular formula is C14H16N4. The molecule has 0 spiro atoms. The topological polar surface area (TPSA) is 55.0 Å². The molecule has 0 bridgehead atoms. The maximum atomic E-state index is 5.73. The third-order valence-electron chi connectivity index (χ3n) is 3.30. The van der Waals surface area contributed by atoms with Crippen molar-refractivity contribution >= 4 is 17.3 Å². The summed E-state index contributed by atoms with van der Waals surface area (Å²) < 4.78 is 0. The van der Waals surface area contributed by atoms with Crippen LogP contribution in [-0.4, -0.2) is 16.5 Å². The molecule has 1 aliphatic heterocycles.